The highest BCUT2D eigenvalue weighted by atomic mass is 28.3. The highest BCUT2D eigenvalue weighted by molar-refractivity contribution is 6.80. The lowest BCUT2D eigenvalue weighted by atomic mass is 9.91. The van der Waals surface area contributed by atoms with Crippen molar-refractivity contribution in [2.24, 2.45) is 5.41 Å². The van der Waals surface area contributed by atoms with E-state index in [0.717, 1.165) is 6.10 Å². The van der Waals surface area contributed by atoms with Crippen LogP contribution >= 0.6 is 0 Å². The van der Waals surface area contributed by atoms with Gasteiger partial charge in [-0.15, -0.1) is 0 Å². The molecule has 105 valence electrons. The van der Waals surface area contributed by atoms with Crippen molar-refractivity contribution in [1.29, 1.82) is 0 Å². The fourth-order valence-electron chi connectivity index (χ4n) is 1.94. The topological polar surface area (TPSA) is 9.23 Å². The van der Waals surface area contributed by atoms with Gasteiger partial charge in [0.25, 0.3) is 0 Å². The Morgan fingerprint density at radius 2 is 1.20 bits per heavy atom. The van der Waals surface area contributed by atoms with Crippen LogP contribution in [0.15, 0.2) is 60.7 Å². The average molecular weight is 283 g/mol. The van der Waals surface area contributed by atoms with Crippen LogP contribution in [0.3, 0.4) is 0 Å². The second kappa shape index (κ2) is 6.38. The largest absolute Gasteiger partial charge is 0.402 e. The summed E-state index contributed by atoms with van der Waals surface area (Å²) in [5.41, 5.74) is 0.0782. The van der Waals surface area contributed by atoms with Crippen LogP contribution in [0, 0.1) is 11.5 Å². The molecule has 0 fully saturated rings. The van der Waals surface area contributed by atoms with Crippen LogP contribution in [0.4, 0.5) is 0 Å². The highest BCUT2D eigenvalue weighted by Crippen LogP contribution is 2.28. The maximum absolute atomic E-state index is 6.44. The maximum atomic E-state index is 6.44. The van der Waals surface area contributed by atoms with Gasteiger partial charge in [-0.2, -0.15) is 0 Å². The second-order valence-electron chi connectivity index (χ2n) is 6.13. The van der Waals surface area contributed by atoms with Crippen LogP contribution in [0.25, 0.3) is 0 Å². The second-order valence-corrected chi connectivity index (χ2v) is 8.45. The summed E-state index contributed by atoms with van der Waals surface area (Å²) in [7, 11) is -1.65. The Morgan fingerprint density at radius 1 is 0.800 bits per heavy atom. The molecular formula is C18H23OSi. The lowest BCUT2D eigenvalue weighted by Gasteiger charge is -2.30. The summed E-state index contributed by atoms with van der Waals surface area (Å²) in [5.74, 6) is 0. The predicted octanol–water partition coefficient (Wildman–Crippen LogP) is 3.14. The van der Waals surface area contributed by atoms with E-state index in [-0.39, 0.29) is 5.41 Å². The minimum atomic E-state index is -1.65. The van der Waals surface area contributed by atoms with Gasteiger partial charge in [-0.05, 0) is 22.7 Å². The number of hydrogen-bond acceptors (Lipinski definition) is 1. The molecule has 20 heavy (non-hydrogen) atoms. The van der Waals surface area contributed by atoms with Gasteiger partial charge in [0.1, 0.15) is 0 Å². The van der Waals surface area contributed by atoms with E-state index < -0.39 is 9.04 Å². The minimum Gasteiger partial charge on any atom is -0.402 e. The molecule has 2 heteroatoms. The Bertz CT molecular complexity index is 477. The molecule has 0 saturated heterocycles. The standard InChI is InChI=1S/C18H23OSi/c1-15(18(2,3)4)19-20(16-11-7-5-8-12-16)17-13-9-6-10-14-17/h5-14,20H,1-4H3. The fourth-order valence-corrected chi connectivity index (χ4v) is 4.45. The van der Waals surface area contributed by atoms with Crippen molar-refractivity contribution < 1.29 is 4.43 Å². The molecular weight excluding hydrogens is 260 g/mol. The number of benzene rings is 2. The molecule has 0 spiro atoms. The molecule has 2 rings (SSSR count). The van der Waals surface area contributed by atoms with E-state index in [1.807, 2.05) is 0 Å². The molecule has 0 aliphatic rings. The SMILES string of the molecule is C[C](O[SiH](c1ccccc1)c1ccccc1)C(C)(C)C. The zero-order chi connectivity index (χ0) is 14.6. The molecule has 0 aliphatic heterocycles. The summed E-state index contributed by atoms with van der Waals surface area (Å²) in [5, 5.41) is 2.64. The van der Waals surface area contributed by atoms with Crippen LogP contribution in [0.2, 0.25) is 0 Å². The van der Waals surface area contributed by atoms with Crippen molar-refractivity contribution in [2.75, 3.05) is 0 Å². The van der Waals surface area contributed by atoms with Crippen molar-refractivity contribution >= 4 is 19.4 Å². The van der Waals surface area contributed by atoms with E-state index in [9.17, 15) is 0 Å². The number of hydrogen-bond donors (Lipinski definition) is 0. The van der Waals surface area contributed by atoms with E-state index in [1.54, 1.807) is 0 Å². The lowest BCUT2D eigenvalue weighted by molar-refractivity contribution is 0.214. The first-order valence-corrected chi connectivity index (χ1v) is 8.71. The molecule has 0 amide bonds. The van der Waals surface area contributed by atoms with Gasteiger partial charge in [-0.3, -0.25) is 0 Å². The summed E-state index contributed by atoms with van der Waals surface area (Å²) in [6, 6.07) is 21.2. The quantitative estimate of drug-likeness (QED) is 0.783. The van der Waals surface area contributed by atoms with Crippen LogP contribution in [0.1, 0.15) is 27.7 Å². The molecule has 2 aromatic rings. The van der Waals surface area contributed by atoms with E-state index >= 15 is 0 Å². The first kappa shape index (κ1) is 15.0. The Labute approximate surface area is 124 Å². The van der Waals surface area contributed by atoms with Gasteiger partial charge >= 0.3 is 0 Å². The maximum Gasteiger partial charge on any atom is 0.240 e. The lowest BCUT2D eigenvalue weighted by Crippen LogP contribution is -2.46. The van der Waals surface area contributed by atoms with Gasteiger partial charge in [0.15, 0.2) is 0 Å². The monoisotopic (exact) mass is 283 g/mol. The van der Waals surface area contributed by atoms with Gasteiger partial charge in [0, 0.05) is 0 Å². The van der Waals surface area contributed by atoms with Gasteiger partial charge < -0.3 is 4.43 Å². The highest BCUT2D eigenvalue weighted by Gasteiger charge is 2.27. The average Bonchev–Trinajstić information content (AvgIpc) is 2.45. The summed E-state index contributed by atoms with van der Waals surface area (Å²) in [6.45, 7) is 8.70. The van der Waals surface area contributed by atoms with E-state index in [1.165, 1.54) is 10.4 Å². The smallest absolute Gasteiger partial charge is 0.240 e. The molecule has 0 unspecified atom stereocenters. The zero-order valence-electron chi connectivity index (χ0n) is 12.8. The molecule has 0 aromatic heterocycles. The molecule has 1 nitrogen and oxygen atoms in total. The third-order valence-corrected chi connectivity index (χ3v) is 6.13. The Kier molecular flexibility index (Phi) is 4.79. The number of rotatable bonds is 4. The van der Waals surface area contributed by atoms with Gasteiger partial charge in [0.2, 0.25) is 9.04 Å². The molecule has 2 aromatic carbocycles. The van der Waals surface area contributed by atoms with Gasteiger partial charge in [0.05, 0.1) is 6.10 Å². The van der Waals surface area contributed by atoms with Crippen molar-refractivity contribution in [3.8, 4) is 0 Å². The third kappa shape index (κ3) is 3.81. The zero-order valence-corrected chi connectivity index (χ0v) is 13.9. The summed E-state index contributed by atoms with van der Waals surface area (Å²) < 4.78 is 6.44. The van der Waals surface area contributed by atoms with E-state index in [2.05, 4.69) is 88.4 Å². The molecule has 1 radical (unpaired) electrons. The molecule has 0 aliphatic carbocycles. The molecule has 0 N–H and O–H groups in total. The third-order valence-electron chi connectivity index (χ3n) is 3.56. The summed E-state index contributed by atoms with van der Waals surface area (Å²) in [6.07, 6.45) is 1.11. The first-order valence-electron chi connectivity index (χ1n) is 7.09. The van der Waals surface area contributed by atoms with E-state index in [4.69, 9.17) is 4.43 Å². The Balaban J connectivity index is 2.31. The van der Waals surface area contributed by atoms with Crippen molar-refractivity contribution in [2.45, 2.75) is 27.7 Å². The summed E-state index contributed by atoms with van der Waals surface area (Å²) in [4.78, 5) is 0. The van der Waals surface area contributed by atoms with Crippen molar-refractivity contribution in [3.63, 3.8) is 0 Å². The fraction of sp³-hybridized carbons (Fsp3) is 0.278. The summed E-state index contributed by atoms with van der Waals surface area (Å²) >= 11 is 0. The van der Waals surface area contributed by atoms with Crippen LogP contribution < -0.4 is 10.4 Å². The van der Waals surface area contributed by atoms with E-state index in [0.29, 0.717) is 0 Å². The molecule has 0 heterocycles. The van der Waals surface area contributed by atoms with Crippen LogP contribution in [-0.2, 0) is 4.43 Å². The minimum absolute atomic E-state index is 0.0782. The molecule has 0 atom stereocenters. The Morgan fingerprint density at radius 3 is 1.55 bits per heavy atom. The Hall–Kier alpha value is -1.38. The van der Waals surface area contributed by atoms with Crippen molar-refractivity contribution in [3.05, 3.63) is 66.8 Å². The van der Waals surface area contributed by atoms with Gasteiger partial charge in [-0.1, -0.05) is 81.4 Å². The van der Waals surface area contributed by atoms with Crippen LogP contribution in [0.5, 0.6) is 0 Å². The predicted molar refractivity (Wildman–Crippen MR) is 88.8 cm³/mol. The van der Waals surface area contributed by atoms with Crippen LogP contribution in [-0.4, -0.2) is 9.04 Å². The first-order chi connectivity index (χ1) is 9.48. The van der Waals surface area contributed by atoms with Gasteiger partial charge in [-0.25, -0.2) is 0 Å². The normalized spacial score (nSPS) is 12.1. The molecule has 0 saturated carbocycles. The molecule has 0 bridgehead atoms. The van der Waals surface area contributed by atoms with Crippen molar-refractivity contribution in [1.82, 2.24) is 0 Å².